The lowest BCUT2D eigenvalue weighted by atomic mass is 10.1. The number of alkyl halides is 2. The van der Waals surface area contributed by atoms with E-state index in [0.29, 0.717) is 17.8 Å². The maximum atomic E-state index is 14.8. The molecule has 41 heavy (non-hydrogen) atoms. The van der Waals surface area contributed by atoms with Gasteiger partial charge in [-0.1, -0.05) is 23.4 Å². The second kappa shape index (κ2) is 10.2. The average molecular weight is 568 g/mol. The number of anilines is 1. The summed E-state index contributed by atoms with van der Waals surface area (Å²) in [6, 6.07) is 12.5. The third-order valence-electron chi connectivity index (χ3n) is 7.14. The van der Waals surface area contributed by atoms with Gasteiger partial charge in [-0.05, 0) is 51.5 Å². The Labute approximate surface area is 233 Å². The van der Waals surface area contributed by atoms with Gasteiger partial charge in [-0.15, -0.1) is 15.3 Å². The SMILES string of the molecule is CC(C)(C)OC(=O)N1C[C@@H]2C[C@H]1CN2c1cccc(-c2cn(Cc3ccc(-c4nnc(C(F)F)o4)cc3F)nn2)c1. The molecule has 0 N–H and O–H groups in total. The maximum absolute atomic E-state index is 14.8. The lowest BCUT2D eigenvalue weighted by Crippen LogP contribution is -2.50. The Balaban J connectivity index is 1.12. The Morgan fingerprint density at radius 1 is 1.07 bits per heavy atom. The molecule has 6 rings (SSSR count). The number of likely N-dealkylation sites (tertiary alicyclic amines) is 1. The van der Waals surface area contributed by atoms with Gasteiger partial charge in [0, 0.05) is 41.5 Å². The Morgan fingerprint density at radius 3 is 2.59 bits per heavy atom. The van der Waals surface area contributed by atoms with Crippen LogP contribution >= 0.6 is 0 Å². The van der Waals surface area contributed by atoms with E-state index in [4.69, 9.17) is 9.15 Å². The Morgan fingerprint density at radius 2 is 1.90 bits per heavy atom. The summed E-state index contributed by atoms with van der Waals surface area (Å²) in [5.41, 5.74) is 2.53. The van der Waals surface area contributed by atoms with Gasteiger partial charge in [0.25, 0.3) is 5.89 Å². The first kappa shape index (κ1) is 26.8. The molecule has 2 fully saturated rings. The third-order valence-corrected chi connectivity index (χ3v) is 7.14. The van der Waals surface area contributed by atoms with Gasteiger partial charge >= 0.3 is 12.5 Å². The van der Waals surface area contributed by atoms with Crippen molar-refractivity contribution in [3.63, 3.8) is 0 Å². The average Bonchev–Trinajstić information content (AvgIpc) is 3.73. The number of nitrogens with zero attached hydrogens (tertiary/aromatic N) is 7. The Bertz CT molecular complexity index is 1580. The van der Waals surface area contributed by atoms with Gasteiger partial charge in [-0.2, -0.15) is 8.78 Å². The van der Waals surface area contributed by atoms with Crippen LogP contribution in [0.3, 0.4) is 0 Å². The van der Waals surface area contributed by atoms with E-state index < -0.39 is 23.7 Å². The fourth-order valence-corrected chi connectivity index (χ4v) is 5.30. The summed E-state index contributed by atoms with van der Waals surface area (Å²) in [5.74, 6) is -1.57. The summed E-state index contributed by atoms with van der Waals surface area (Å²) in [6.45, 7) is 7.05. The number of aromatic nitrogens is 5. The number of benzene rings is 2. The fraction of sp³-hybridized carbons (Fsp3) is 0.393. The second-order valence-electron chi connectivity index (χ2n) is 11.2. The standard InChI is InChI=1S/C28H28F3N7O3/c1-28(2,3)41-27(39)38-14-20-11-21(38)13-37(20)19-6-4-5-16(9-19)23-15-36(35-32-23)12-18-8-7-17(10-22(18)29)25-33-34-26(40-25)24(30)31/h4-10,15,20-21,24H,11-14H2,1-3H3/t20-,21-/m0/s1. The molecule has 0 unspecified atom stereocenters. The van der Waals surface area contributed by atoms with Gasteiger partial charge in [0.2, 0.25) is 5.89 Å². The van der Waals surface area contributed by atoms with Gasteiger partial charge in [-0.25, -0.2) is 13.9 Å². The first-order valence-corrected chi connectivity index (χ1v) is 13.2. The van der Waals surface area contributed by atoms with Crippen LogP contribution in [0.1, 0.15) is 45.1 Å². The predicted molar refractivity (Wildman–Crippen MR) is 142 cm³/mol. The van der Waals surface area contributed by atoms with Crippen LogP contribution in [0.4, 0.5) is 23.7 Å². The number of carbonyl (C=O) groups is 1. The molecule has 2 atom stereocenters. The molecule has 0 spiro atoms. The monoisotopic (exact) mass is 567 g/mol. The quantitative estimate of drug-likeness (QED) is 0.309. The predicted octanol–water partition coefficient (Wildman–Crippen LogP) is 5.32. The normalized spacial score (nSPS) is 18.5. The van der Waals surface area contributed by atoms with Gasteiger partial charge in [0.05, 0.1) is 18.8 Å². The van der Waals surface area contributed by atoms with Crippen LogP contribution in [0, 0.1) is 5.82 Å². The molecule has 0 aliphatic carbocycles. The van der Waals surface area contributed by atoms with E-state index in [-0.39, 0.29) is 36.2 Å². The first-order valence-electron chi connectivity index (χ1n) is 13.2. The van der Waals surface area contributed by atoms with E-state index in [1.54, 1.807) is 6.20 Å². The zero-order valence-electron chi connectivity index (χ0n) is 22.7. The molecule has 2 aliphatic rings. The lowest BCUT2D eigenvalue weighted by Gasteiger charge is -2.36. The molecule has 0 radical (unpaired) electrons. The van der Waals surface area contributed by atoms with Crippen molar-refractivity contribution < 1.29 is 27.1 Å². The minimum absolute atomic E-state index is 0.104. The zero-order chi connectivity index (χ0) is 28.9. The smallest absolute Gasteiger partial charge is 0.410 e. The van der Waals surface area contributed by atoms with E-state index in [1.807, 2.05) is 49.9 Å². The molecule has 2 bridgehead atoms. The van der Waals surface area contributed by atoms with Gasteiger partial charge in [-0.3, -0.25) is 0 Å². The van der Waals surface area contributed by atoms with Crippen molar-refractivity contribution in [3.05, 3.63) is 65.9 Å². The van der Waals surface area contributed by atoms with Gasteiger partial charge < -0.3 is 19.0 Å². The molecular formula is C28H28F3N7O3. The van der Waals surface area contributed by atoms with Crippen LogP contribution in [-0.4, -0.2) is 67.0 Å². The number of rotatable bonds is 6. The highest BCUT2D eigenvalue weighted by molar-refractivity contribution is 5.71. The van der Waals surface area contributed by atoms with Crippen LogP contribution in [0.15, 0.2) is 53.1 Å². The highest BCUT2D eigenvalue weighted by Gasteiger charge is 2.46. The number of piperazine rings is 1. The summed E-state index contributed by atoms with van der Waals surface area (Å²) in [7, 11) is 0. The number of halogens is 3. The van der Waals surface area contributed by atoms with Crippen molar-refractivity contribution in [3.8, 4) is 22.7 Å². The summed E-state index contributed by atoms with van der Waals surface area (Å²) in [4.78, 5) is 16.7. The highest BCUT2D eigenvalue weighted by atomic mass is 19.3. The van der Waals surface area contributed by atoms with Crippen molar-refractivity contribution in [2.45, 2.75) is 57.8 Å². The Hall–Kier alpha value is -4.42. The van der Waals surface area contributed by atoms with Crippen molar-refractivity contribution in [2.24, 2.45) is 0 Å². The lowest BCUT2D eigenvalue weighted by molar-refractivity contribution is 0.0214. The summed E-state index contributed by atoms with van der Waals surface area (Å²) in [6.07, 6.45) is -0.539. The minimum Gasteiger partial charge on any atom is -0.444 e. The molecule has 2 aromatic carbocycles. The highest BCUT2D eigenvalue weighted by Crippen LogP contribution is 2.36. The first-order chi connectivity index (χ1) is 19.5. The third kappa shape index (κ3) is 5.48. The molecule has 13 heteroatoms. The summed E-state index contributed by atoms with van der Waals surface area (Å²) in [5, 5.41) is 15.3. The van der Waals surface area contributed by atoms with Crippen molar-refractivity contribution in [1.82, 2.24) is 30.1 Å². The van der Waals surface area contributed by atoms with Crippen LogP contribution in [0.2, 0.25) is 0 Å². The number of carbonyl (C=O) groups excluding carboxylic acids is 1. The summed E-state index contributed by atoms with van der Waals surface area (Å²) < 4.78 is 52.3. The van der Waals surface area contributed by atoms with E-state index >= 15 is 0 Å². The number of hydrogen-bond donors (Lipinski definition) is 0. The van der Waals surface area contributed by atoms with Crippen molar-refractivity contribution in [1.29, 1.82) is 0 Å². The topological polar surface area (TPSA) is 102 Å². The minimum atomic E-state index is -2.90. The van der Waals surface area contributed by atoms with Crippen molar-refractivity contribution in [2.75, 3.05) is 18.0 Å². The second-order valence-corrected chi connectivity index (χ2v) is 11.2. The van der Waals surface area contributed by atoms with Crippen LogP contribution < -0.4 is 4.90 Å². The number of fused-ring (bicyclic) bond motifs is 2. The van der Waals surface area contributed by atoms with Crippen LogP contribution in [0.5, 0.6) is 0 Å². The number of ether oxygens (including phenoxy) is 1. The molecule has 2 saturated heterocycles. The zero-order valence-corrected chi connectivity index (χ0v) is 22.7. The number of hydrogen-bond acceptors (Lipinski definition) is 8. The molecule has 1 amide bonds. The molecule has 4 aromatic rings. The van der Waals surface area contributed by atoms with Crippen LogP contribution in [0.25, 0.3) is 22.7 Å². The maximum Gasteiger partial charge on any atom is 0.410 e. The van der Waals surface area contributed by atoms with E-state index in [9.17, 15) is 18.0 Å². The van der Waals surface area contributed by atoms with Gasteiger partial charge in [0.1, 0.15) is 17.1 Å². The van der Waals surface area contributed by atoms with Crippen LogP contribution in [-0.2, 0) is 11.3 Å². The largest absolute Gasteiger partial charge is 0.444 e. The molecule has 2 aromatic heterocycles. The fourth-order valence-electron chi connectivity index (χ4n) is 5.30. The van der Waals surface area contributed by atoms with E-state index in [0.717, 1.165) is 30.3 Å². The van der Waals surface area contributed by atoms with Crippen molar-refractivity contribution >= 4 is 11.8 Å². The molecule has 2 aliphatic heterocycles. The van der Waals surface area contributed by atoms with E-state index in [2.05, 4.69) is 25.4 Å². The number of amides is 1. The van der Waals surface area contributed by atoms with E-state index in [1.165, 1.54) is 16.8 Å². The molecule has 0 saturated carbocycles. The molecule has 214 valence electrons. The molecule has 10 nitrogen and oxygen atoms in total. The molecular weight excluding hydrogens is 539 g/mol. The van der Waals surface area contributed by atoms with Gasteiger partial charge in [0.15, 0.2) is 0 Å². The Kier molecular flexibility index (Phi) is 6.66. The molecule has 4 heterocycles. The summed E-state index contributed by atoms with van der Waals surface area (Å²) >= 11 is 0.